The van der Waals surface area contributed by atoms with E-state index in [9.17, 15) is 14.4 Å². The van der Waals surface area contributed by atoms with Crippen LogP contribution >= 0.6 is 15.9 Å². The molecule has 1 heterocycles. The molecule has 5 nitrogen and oxygen atoms in total. The van der Waals surface area contributed by atoms with E-state index in [1.54, 1.807) is 24.3 Å². The number of imide groups is 1. The summed E-state index contributed by atoms with van der Waals surface area (Å²) in [5.74, 6) is -1.32. The average Bonchev–Trinajstić information content (AvgIpc) is 2.98. The molecule has 1 aliphatic heterocycles. The maximum atomic E-state index is 12.6. The first-order chi connectivity index (χ1) is 13.5. The van der Waals surface area contributed by atoms with E-state index in [0.29, 0.717) is 24.1 Å². The van der Waals surface area contributed by atoms with Gasteiger partial charge >= 0.3 is 5.97 Å². The van der Waals surface area contributed by atoms with Crippen molar-refractivity contribution < 1.29 is 19.1 Å². The van der Waals surface area contributed by atoms with Crippen molar-refractivity contribution in [2.45, 2.75) is 19.4 Å². The Labute approximate surface area is 171 Å². The number of carbonyl (C=O) groups is 3. The Balaban J connectivity index is 1.43. The first-order valence-electron chi connectivity index (χ1n) is 9.09. The summed E-state index contributed by atoms with van der Waals surface area (Å²) in [6, 6.07) is 13.9. The Morgan fingerprint density at radius 2 is 1.50 bits per heavy atom. The highest BCUT2D eigenvalue weighted by Gasteiger charge is 2.47. The summed E-state index contributed by atoms with van der Waals surface area (Å²) in [6.45, 7) is 0.174. The van der Waals surface area contributed by atoms with Gasteiger partial charge in [0.1, 0.15) is 6.61 Å². The molecule has 0 N–H and O–H groups in total. The van der Waals surface area contributed by atoms with Gasteiger partial charge in [0.05, 0.1) is 23.1 Å². The Kier molecular flexibility index (Phi) is 5.13. The van der Waals surface area contributed by atoms with E-state index in [2.05, 4.69) is 15.9 Å². The van der Waals surface area contributed by atoms with Gasteiger partial charge in [-0.05, 0) is 54.8 Å². The first-order valence-corrected chi connectivity index (χ1v) is 9.88. The van der Waals surface area contributed by atoms with Crippen LogP contribution in [0.4, 0.5) is 5.69 Å². The number of esters is 1. The number of hydrogen-bond acceptors (Lipinski definition) is 4. The lowest BCUT2D eigenvalue weighted by Crippen LogP contribution is -2.30. The van der Waals surface area contributed by atoms with E-state index in [1.165, 1.54) is 4.90 Å². The van der Waals surface area contributed by atoms with Crippen LogP contribution in [-0.2, 0) is 20.9 Å². The van der Waals surface area contributed by atoms with Crippen LogP contribution in [0, 0.1) is 11.8 Å². The largest absolute Gasteiger partial charge is 0.457 e. The van der Waals surface area contributed by atoms with E-state index in [-0.39, 0.29) is 30.3 Å². The Morgan fingerprint density at radius 3 is 2.07 bits per heavy atom. The molecule has 2 aromatic rings. The third-order valence-electron chi connectivity index (χ3n) is 5.15. The van der Waals surface area contributed by atoms with Gasteiger partial charge in [-0.15, -0.1) is 0 Å². The van der Waals surface area contributed by atoms with E-state index >= 15 is 0 Å². The molecule has 1 saturated heterocycles. The summed E-state index contributed by atoms with van der Waals surface area (Å²) in [6.07, 6.45) is 5.12. The minimum atomic E-state index is -0.452. The lowest BCUT2D eigenvalue weighted by molar-refractivity contribution is -0.122. The average molecular weight is 440 g/mol. The number of nitrogens with zero attached hydrogens (tertiary/aromatic N) is 1. The molecular formula is C22H18BrNO4. The zero-order valence-corrected chi connectivity index (χ0v) is 16.6. The fourth-order valence-electron chi connectivity index (χ4n) is 3.61. The fourth-order valence-corrected chi connectivity index (χ4v) is 3.88. The number of ether oxygens (including phenoxy) is 1. The van der Waals surface area contributed by atoms with Crippen molar-refractivity contribution in [3.05, 3.63) is 76.3 Å². The van der Waals surface area contributed by atoms with Crippen LogP contribution in [0.5, 0.6) is 0 Å². The Hall–Kier alpha value is -2.73. The van der Waals surface area contributed by atoms with Gasteiger partial charge < -0.3 is 4.74 Å². The number of anilines is 1. The number of hydrogen-bond donors (Lipinski definition) is 0. The molecule has 4 rings (SSSR count). The first kappa shape index (κ1) is 18.6. The molecule has 6 heteroatoms. The maximum Gasteiger partial charge on any atom is 0.338 e. The zero-order chi connectivity index (χ0) is 19.7. The van der Waals surface area contributed by atoms with Crippen molar-refractivity contribution in [3.8, 4) is 0 Å². The summed E-state index contributed by atoms with van der Waals surface area (Å²) < 4.78 is 6.29. The standard InChI is InChI=1S/C22H18BrNO4/c23-16-9-5-14(6-10-16)13-28-22(27)15-7-11-17(12-8-15)24-20(25)18-3-1-2-4-19(18)21(24)26/h1-2,5-12,18-19H,3-4,13H2. The second kappa shape index (κ2) is 7.72. The molecule has 0 radical (unpaired) electrons. The Bertz CT molecular complexity index is 924. The van der Waals surface area contributed by atoms with E-state index < -0.39 is 5.97 Å². The summed E-state index contributed by atoms with van der Waals surface area (Å²) in [7, 11) is 0. The van der Waals surface area contributed by atoms with Crippen molar-refractivity contribution in [2.75, 3.05) is 4.90 Å². The third-order valence-corrected chi connectivity index (χ3v) is 5.68. The predicted octanol–water partition coefficient (Wildman–Crippen LogP) is 4.26. The minimum Gasteiger partial charge on any atom is -0.457 e. The topological polar surface area (TPSA) is 63.7 Å². The lowest BCUT2D eigenvalue weighted by Gasteiger charge is -2.15. The summed E-state index contributed by atoms with van der Waals surface area (Å²) in [5.41, 5.74) is 1.76. The van der Waals surface area contributed by atoms with Crippen molar-refractivity contribution in [1.82, 2.24) is 0 Å². The van der Waals surface area contributed by atoms with Gasteiger partial charge in [0, 0.05) is 4.47 Å². The molecule has 142 valence electrons. The Morgan fingerprint density at radius 1 is 0.929 bits per heavy atom. The highest BCUT2D eigenvalue weighted by Crippen LogP contribution is 2.37. The van der Waals surface area contributed by atoms with Crippen LogP contribution in [0.25, 0.3) is 0 Å². The number of carbonyl (C=O) groups excluding carboxylic acids is 3. The number of amides is 2. The van der Waals surface area contributed by atoms with Gasteiger partial charge in [-0.25, -0.2) is 4.79 Å². The highest BCUT2D eigenvalue weighted by molar-refractivity contribution is 9.10. The number of halogens is 1. The van der Waals surface area contributed by atoms with Crippen LogP contribution < -0.4 is 4.90 Å². The van der Waals surface area contributed by atoms with Gasteiger partial charge in [0.25, 0.3) is 0 Å². The number of allylic oxidation sites excluding steroid dienone is 2. The van der Waals surface area contributed by atoms with Crippen molar-refractivity contribution in [2.24, 2.45) is 11.8 Å². The summed E-state index contributed by atoms with van der Waals surface area (Å²) in [4.78, 5) is 38.8. The highest BCUT2D eigenvalue weighted by atomic mass is 79.9. The molecule has 0 bridgehead atoms. The molecule has 2 aliphatic rings. The normalized spacial score (nSPS) is 21.0. The second-order valence-corrected chi connectivity index (χ2v) is 7.83. The third kappa shape index (κ3) is 3.52. The van der Waals surface area contributed by atoms with Gasteiger partial charge in [-0.3, -0.25) is 14.5 Å². The molecule has 28 heavy (non-hydrogen) atoms. The van der Waals surface area contributed by atoms with E-state index in [0.717, 1.165) is 10.0 Å². The van der Waals surface area contributed by atoms with Gasteiger partial charge in [0.2, 0.25) is 11.8 Å². The molecule has 2 amide bonds. The van der Waals surface area contributed by atoms with Crippen LogP contribution in [0.1, 0.15) is 28.8 Å². The van der Waals surface area contributed by atoms with Crippen LogP contribution in [0.2, 0.25) is 0 Å². The second-order valence-electron chi connectivity index (χ2n) is 6.92. The van der Waals surface area contributed by atoms with Gasteiger partial charge in [-0.1, -0.05) is 40.2 Å². The molecule has 0 aromatic heterocycles. The minimum absolute atomic E-state index is 0.162. The maximum absolute atomic E-state index is 12.6. The van der Waals surface area contributed by atoms with Crippen molar-refractivity contribution in [1.29, 1.82) is 0 Å². The smallest absolute Gasteiger partial charge is 0.338 e. The molecular weight excluding hydrogens is 422 g/mol. The molecule has 0 saturated carbocycles. The van der Waals surface area contributed by atoms with E-state index in [1.807, 2.05) is 36.4 Å². The van der Waals surface area contributed by atoms with Crippen molar-refractivity contribution in [3.63, 3.8) is 0 Å². The molecule has 1 aliphatic carbocycles. The lowest BCUT2D eigenvalue weighted by atomic mass is 9.85. The number of rotatable bonds is 4. The predicted molar refractivity (Wildman–Crippen MR) is 108 cm³/mol. The molecule has 2 unspecified atom stereocenters. The molecule has 0 spiro atoms. The summed E-state index contributed by atoms with van der Waals surface area (Å²) >= 11 is 3.36. The molecule has 2 atom stereocenters. The SMILES string of the molecule is O=C(OCc1ccc(Br)cc1)c1ccc(N2C(=O)C3CC=CCC3C2=O)cc1. The monoisotopic (exact) mass is 439 g/mol. The molecule has 2 aromatic carbocycles. The van der Waals surface area contributed by atoms with Crippen LogP contribution in [0.3, 0.4) is 0 Å². The van der Waals surface area contributed by atoms with Gasteiger partial charge in [0.15, 0.2) is 0 Å². The zero-order valence-electron chi connectivity index (χ0n) is 15.0. The number of benzene rings is 2. The van der Waals surface area contributed by atoms with Crippen LogP contribution in [0.15, 0.2) is 65.2 Å². The summed E-state index contributed by atoms with van der Waals surface area (Å²) in [5, 5.41) is 0. The van der Waals surface area contributed by atoms with E-state index in [4.69, 9.17) is 4.74 Å². The quantitative estimate of drug-likeness (QED) is 0.405. The van der Waals surface area contributed by atoms with Crippen LogP contribution in [-0.4, -0.2) is 17.8 Å². The fraction of sp³-hybridized carbons (Fsp3) is 0.227. The van der Waals surface area contributed by atoms with Gasteiger partial charge in [-0.2, -0.15) is 0 Å². The number of fused-ring (bicyclic) bond motifs is 1. The molecule has 1 fully saturated rings. The van der Waals surface area contributed by atoms with Crippen molar-refractivity contribution >= 4 is 39.4 Å².